The van der Waals surface area contributed by atoms with E-state index in [2.05, 4.69) is 94.2 Å². The Kier molecular flexibility index (Phi) is 6.54. The Labute approximate surface area is 274 Å². The van der Waals surface area contributed by atoms with Crippen LogP contribution in [0.4, 0.5) is 17.1 Å². The molecule has 0 N–H and O–H groups in total. The summed E-state index contributed by atoms with van der Waals surface area (Å²) in [5.41, 5.74) is 9.23. The number of thiazole rings is 1. The van der Waals surface area contributed by atoms with E-state index in [1.54, 1.807) is 11.3 Å². The standard InChI is InChI=1S/C40H26N6S/c1-5-13-27(14-6-1)37-42-38(28-15-7-2-8-16-28)44-39(43-37)29-21-23-35-36(25-29)47-40-41-33-26-32(22-24-34(33)46(35)40)45(30-17-9-3-10-18-30)31-19-11-4-12-20-31/h1-26H. The fourth-order valence-electron chi connectivity index (χ4n) is 6.04. The number of rotatable bonds is 6. The van der Waals surface area contributed by atoms with Crippen molar-refractivity contribution in [3.63, 3.8) is 0 Å². The molecule has 9 rings (SSSR count). The summed E-state index contributed by atoms with van der Waals surface area (Å²) < 4.78 is 3.37. The predicted octanol–water partition coefficient (Wildman–Crippen LogP) is 10.4. The van der Waals surface area contributed by atoms with Gasteiger partial charge in [-0.05, 0) is 60.7 Å². The Morgan fingerprint density at radius 3 is 1.51 bits per heavy atom. The number of benzene rings is 6. The molecule has 0 aliphatic rings. The molecule has 47 heavy (non-hydrogen) atoms. The second-order valence-corrected chi connectivity index (χ2v) is 12.2. The van der Waals surface area contributed by atoms with Crippen LogP contribution in [-0.2, 0) is 0 Å². The van der Waals surface area contributed by atoms with Crippen molar-refractivity contribution in [3.8, 4) is 34.2 Å². The highest BCUT2D eigenvalue weighted by atomic mass is 32.1. The Morgan fingerprint density at radius 1 is 0.426 bits per heavy atom. The van der Waals surface area contributed by atoms with E-state index in [1.165, 1.54) is 0 Å². The van der Waals surface area contributed by atoms with E-state index in [-0.39, 0.29) is 0 Å². The summed E-state index contributed by atoms with van der Waals surface area (Å²) in [6.45, 7) is 0. The first-order valence-corrected chi connectivity index (χ1v) is 16.2. The molecule has 0 unspecified atom stereocenters. The van der Waals surface area contributed by atoms with Crippen LogP contribution in [0, 0.1) is 0 Å². The molecule has 0 spiro atoms. The van der Waals surface area contributed by atoms with E-state index in [0.29, 0.717) is 17.5 Å². The molecular weight excluding hydrogens is 597 g/mol. The first-order chi connectivity index (χ1) is 23.3. The van der Waals surface area contributed by atoms with Crippen LogP contribution in [0.1, 0.15) is 0 Å². The summed E-state index contributed by atoms with van der Waals surface area (Å²) in [5.74, 6) is 1.94. The van der Waals surface area contributed by atoms with Crippen LogP contribution in [0.3, 0.4) is 0 Å². The maximum absolute atomic E-state index is 5.11. The zero-order valence-corrected chi connectivity index (χ0v) is 25.9. The molecule has 3 aromatic heterocycles. The van der Waals surface area contributed by atoms with Gasteiger partial charge in [0.05, 0.1) is 21.3 Å². The first-order valence-electron chi connectivity index (χ1n) is 15.4. The van der Waals surface area contributed by atoms with Crippen molar-refractivity contribution >= 4 is 54.6 Å². The summed E-state index contributed by atoms with van der Waals surface area (Å²) in [4.78, 5) is 23.0. The van der Waals surface area contributed by atoms with Gasteiger partial charge in [0.1, 0.15) is 0 Å². The SMILES string of the molecule is c1ccc(-c2nc(-c3ccccc3)nc(-c3ccc4c(c3)sc3nc5cc(N(c6ccccc6)c6ccccc6)ccc5n34)n2)cc1. The van der Waals surface area contributed by atoms with Crippen LogP contribution in [0.25, 0.3) is 60.4 Å². The fraction of sp³-hybridized carbons (Fsp3) is 0. The molecule has 0 aliphatic carbocycles. The molecular formula is C40H26N6S. The summed E-state index contributed by atoms with van der Waals surface area (Å²) in [6.07, 6.45) is 0. The average molecular weight is 623 g/mol. The van der Waals surface area contributed by atoms with Gasteiger partial charge in [-0.25, -0.2) is 19.9 Å². The van der Waals surface area contributed by atoms with Gasteiger partial charge in [0, 0.05) is 33.8 Å². The van der Waals surface area contributed by atoms with E-state index in [9.17, 15) is 0 Å². The van der Waals surface area contributed by atoms with Gasteiger partial charge < -0.3 is 4.90 Å². The second-order valence-electron chi connectivity index (χ2n) is 11.2. The maximum atomic E-state index is 5.11. The molecule has 9 aromatic rings. The van der Waals surface area contributed by atoms with Crippen LogP contribution in [0.2, 0.25) is 0 Å². The lowest BCUT2D eigenvalue weighted by molar-refractivity contribution is 1.07. The minimum absolute atomic E-state index is 0.641. The minimum atomic E-state index is 0.641. The molecule has 0 saturated heterocycles. The van der Waals surface area contributed by atoms with Crippen LogP contribution in [-0.4, -0.2) is 24.3 Å². The number of imidazole rings is 1. The number of aromatic nitrogens is 5. The number of nitrogens with zero attached hydrogens (tertiary/aromatic N) is 6. The summed E-state index contributed by atoms with van der Waals surface area (Å²) in [7, 11) is 0. The molecule has 222 valence electrons. The van der Waals surface area contributed by atoms with Crippen molar-refractivity contribution in [3.05, 3.63) is 158 Å². The molecule has 0 fully saturated rings. The zero-order chi connectivity index (χ0) is 31.2. The van der Waals surface area contributed by atoms with Gasteiger partial charge in [-0.15, -0.1) is 0 Å². The molecule has 0 aliphatic heterocycles. The molecule has 0 bridgehead atoms. The molecule has 7 heteroatoms. The van der Waals surface area contributed by atoms with Crippen molar-refractivity contribution in [1.29, 1.82) is 0 Å². The van der Waals surface area contributed by atoms with Crippen molar-refractivity contribution in [2.24, 2.45) is 0 Å². The highest BCUT2D eigenvalue weighted by Gasteiger charge is 2.18. The molecule has 3 heterocycles. The largest absolute Gasteiger partial charge is 0.310 e. The molecule has 0 saturated carbocycles. The molecule has 6 aromatic carbocycles. The van der Waals surface area contributed by atoms with Gasteiger partial charge in [0.25, 0.3) is 0 Å². The Morgan fingerprint density at radius 2 is 0.936 bits per heavy atom. The van der Waals surface area contributed by atoms with Gasteiger partial charge in [-0.3, -0.25) is 4.40 Å². The third-order valence-electron chi connectivity index (χ3n) is 8.25. The lowest BCUT2D eigenvalue weighted by Gasteiger charge is -2.25. The third-order valence-corrected chi connectivity index (χ3v) is 9.26. The van der Waals surface area contributed by atoms with Gasteiger partial charge in [-0.1, -0.05) is 108 Å². The van der Waals surface area contributed by atoms with Crippen LogP contribution >= 0.6 is 11.3 Å². The highest BCUT2D eigenvalue weighted by molar-refractivity contribution is 7.23. The van der Waals surface area contributed by atoms with Gasteiger partial charge in [0.2, 0.25) is 0 Å². The van der Waals surface area contributed by atoms with Crippen LogP contribution < -0.4 is 4.90 Å². The molecule has 0 amide bonds. The molecule has 0 radical (unpaired) electrons. The van der Waals surface area contributed by atoms with Gasteiger partial charge in [-0.2, -0.15) is 0 Å². The van der Waals surface area contributed by atoms with E-state index in [0.717, 1.165) is 60.0 Å². The van der Waals surface area contributed by atoms with Crippen LogP contribution in [0.15, 0.2) is 158 Å². The molecule has 6 nitrogen and oxygen atoms in total. The van der Waals surface area contributed by atoms with Crippen molar-refractivity contribution in [2.45, 2.75) is 0 Å². The van der Waals surface area contributed by atoms with E-state index >= 15 is 0 Å². The maximum Gasteiger partial charge on any atom is 0.195 e. The number of fused-ring (bicyclic) bond motifs is 5. The minimum Gasteiger partial charge on any atom is -0.310 e. The lowest BCUT2D eigenvalue weighted by Crippen LogP contribution is -2.09. The highest BCUT2D eigenvalue weighted by Crippen LogP contribution is 2.38. The summed E-state index contributed by atoms with van der Waals surface area (Å²) in [5, 5.41) is 0. The topological polar surface area (TPSA) is 59.2 Å². The monoisotopic (exact) mass is 622 g/mol. The Bertz CT molecular complexity index is 2410. The van der Waals surface area contributed by atoms with Crippen molar-refractivity contribution in [1.82, 2.24) is 24.3 Å². The number of hydrogen-bond donors (Lipinski definition) is 0. The quantitative estimate of drug-likeness (QED) is 0.185. The molecule has 0 atom stereocenters. The third kappa shape index (κ3) is 4.90. The number of para-hydroxylation sites is 2. The van der Waals surface area contributed by atoms with Gasteiger partial charge in [0.15, 0.2) is 22.4 Å². The predicted molar refractivity (Wildman–Crippen MR) is 192 cm³/mol. The number of anilines is 3. The van der Waals surface area contributed by atoms with Crippen molar-refractivity contribution in [2.75, 3.05) is 4.90 Å². The Hall–Kier alpha value is -6.18. The van der Waals surface area contributed by atoms with Crippen LogP contribution in [0.5, 0.6) is 0 Å². The lowest BCUT2D eigenvalue weighted by atomic mass is 10.1. The van der Waals surface area contributed by atoms with E-state index in [1.807, 2.05) is 72.8 Å². The van der Waals surface area contributed by atoms with Crippen molar-refractivity contribution < 1.29 is 0 Å². The van der Waals surface area contributed by atoms with Gasteiger partial charge >= 0.3 is 0 Å². The summed E-state index contributed by atoms with van der Waals surface area (Å²) in [6, 6.07) is 53.9. The second kappa shape index (κ2) is 11.3. The normalized spacial score (nSPS) is 11.4. The van der Waals surface area contributed by atoms with E-state index in [4.69, 9.17) is 19.9 Å². The average Bonchev–Trinajstić information content (AvgIpc) is 3.68. The summed E-state index contributed by atoms with van der Waals surface area (Å²) >= 11 is 1.67. The fourth-order valence-corrected chi connectivity index (χ4v) is 7.12. The Balaban J connectivity index is 1.14. The zero-order valence-electron chi connectivity index (χ0n) is 25.1. The van der Waals surface area contributed by atoms with E-state index < -0.39 is 0 Å². The number of hydrogen-bond acceptors (Lipinski definition) is 6. The smallest absolute Gasteiger partial charge is 0.195 e. The first kappa shape index (κ1) is 27.2.